The molecule has 0 saturated heterocycles. The Hall–Kier alpha value is -1.77. The summed E-state index contributed by atoms with van der Waals surface area (Å²) in [6.45, 7) is 0. The second-order valence-corrected chi connectivity index (χ2v) is 8.38. The van der Waals surface area contributed by atoms with Gasteiger partial charge in [0, 0.05) is 10.9 Å². The predicted octanol–water partition coefficient (Wildman–Crippen LogP) is 3.69. The van der Waals surface area contributed by atoms with Crippen LogP contribution in [0.1, 0.15) is 10.6 Å². The van der Waals surface area contributed by atoms with Crippen LogP contribution in [0.5, 0.6) is 0 Å². The first-order chi connectivity index (χ1) is 11.0. The van der Waals surface area contributed by atoms with Crippen molar-refractivity contribution in [3.63, 3.8) is 0 Å². The lowest BCUT2D eigenvalue weighted by Gasteiger charge is -2.04. The van der Waals surface area contributed by atoms with Crippen LogP contribution >= 0.6 is 27.3 Å². The molecule has 23 heavy (non-hydrogen) atoms. The van der Waals surface area contributed by atoms with Gasteiger partial charge in [0.1, 0.15) is 5.01 Å². The summed E-state index contributed by atoms with van der Waals surface area (Å²) < 4.78 is 27.9. The summed E-state index contributed by atoms with van der Waals surface area (Å²) in [5, 5.41) is 8.96. The van der Waals surface area contributed by atoms with E-state index in [2.05, 4.69) is 30.8 Å². The van der Waals surface area contributed by atoms with Gasteiger partial charge in [0.2, 0.25) is 5.13 Å². The van der Waals surface area contributed by atoms with E-state index in [1.54, 1.807) is 12.1 Å². The molecular formula is C15H12BrN3O2S2. The fourth-order valence-corrected chi connectivity index (χ4v) is 4.19. The highest BCUT2D eigenvalue weighted by Gasteiger charge is 2.16. The van der Waals surface area contributed by atoms with Gasteiger partial charge in [-0.2, -0.15) is 0 Å². The number of aromatic nitrogens is 2. The lowest BCUT2D eigenvalue weighted by atomic mass is 10.2. The van der Waals surface area contributed by atoms with Gasteiger partial charge in [-0.05, 0) is 29.8 Å². The Labute approximate surface area is 146 Å². The largest absolute Gasteiger partial charge is 0.263 e. The third kappa shape index (κ3) is 4.15. The van der Waals surface area contributed by atoms with Gasteiger partial charge in [-0.15, -0.1) is 10.2 Å². The Bertz CT molecular complexity index is 894. The Morgan fingerprint density at radius 2 is 1.70 bits per heavy atom. The van der Waals surface area contributed by atoms with Crippen molar-refractivity contribution in [2.45, 2.75) is 11.3 Å². The summed E-state index contributed by atoms with van der Waals surface area (Å²) in [7, 11) is -3.65. The number of hydrogen-bond donors (Lipinski definition) is 1. The maximum Gasteiger partial charge on any atom is 0.263 e. The van der Waals surface area contributed by atoms with Crippen molar-refractivity contribution < 1.29 is 8.42 Å². The molecule has 0 spiro atoms. The molecule has 0 aliphatic heterocycles. The van der Waals surface area contributed by atoms with Crippen molar-refractivity contribution in [1.29, 1.82) is 0 Å². The average Bonchev–Trinajstić information content (AvgIpc) is 2.95. The third-order valence-electron chi connectivity index (χ3n) is 3.01. The second kappa shape index (κ2) is 6.77. The molecule has 2 aromatic carbocycles. The van der Waals surface area contributed by atoms with Crippen molar-refractivity contribution in [2.75, 3.05) is 4.72 Å². The smallest absolute Gasteiger partial charge is 0.253 e. The van der Waals surface area contributed by atoms with Crippen LogP contribution in [0.2, 0.25) is 0 Å². The number of rotatable bonds is 5. The van der Waals surface area contributed by atoms with Crippen LogP contribution in [0, 0.1) is 0 Å². The average molecular weight is 410 g/mol. The summed E-state index contributed by atoms with van der Waals surface area (Å²) in [4.78, 5) is 0.181. The van der Waals surface area contributed by atoms with Crippen LogP contribution in [-0.2, 0) is 16.4 Å². The quantitative estimate of drug-likeness (QED) is 0.697. The first-order valence-electron chi connectivity index (χ1n) is 6.68. The number of sulfonamides is 1. The monoisotopic (exact) mass is 409 g/mol. The van der Waals surface area contributed by atoms with Gasteiger partial charge >= 0.3 is 0 Å². The van der Waals surface area contributed by atoms with Crippen LogP contribution in [0.4, 0.5) is 5.13 Å². The zero-order valence-electron chi connectivity index (χ0n) is 11.8. The fraction of sp³-hybridized carbons (Fsp3) is 0.0667. The number of nitrogens with zero attached hydrogens (tertiary/aromatic N) is 2. The first-order valence-corrected chi connectivity index (χ1v) is 9.77. The zero-order chi connectivity index (χ0) is 16.3. The van der Waals surface area contributed by atoms with Gasteiger partial charge in [0.25, 0.3) is 10.0 Å². The highest BCUT2D eigenvalue weighted by atomic mass is 79.9. The van der Waals surface area contributed by atoms with Gasteiger partial charge in [0.15, 0.2) is 0 Å². The van der Waals surface area contributed by atoms with Crippen LogP contribution in [0.3, 0.4) is 0 Å². The summed E-state index contributed by atoms with van der Waals surface area (Å²) in [6, 6.07) is 16.2. The molecule has 3 rings (SSSR count). The third-order valence-corrected chi connectivity index (χ3v) is 5.86. The molecule has 0 aliphatic rings. The van der Waals surface area contributed by atoms with Gasteiger partial charge in [-0.1, -0.05) is 57.6 Å². The molecule has 0 radical (unpaired) electrons. The molecule has 0 aliphatic carbocycles. The summed E-state index contributed by atoms with van der Waals surface area (Å²) in [6.07, 6.45) is 0.624. The van der Waals surface area contributed by atoms with Crippen molar-refractivity contribution in [1.82, 2.24) is 10.2 Å². The van der Waals surface area contributed by atoms with Gasteiger partial charge in [0.05, 0.1) is 4.90 Å². The SMILES string of the molecule is O=S(=O)(Nc1nnc(Cc2ccccc2)s1)c1ccc(Br)cc1. The van der Waals surface area contributed by atoms with E-state index in [9.17, 15) is 8.42 Å². The molecule has 0 saturated carbocycles. The van der Waals surface area contributed by atoms with Crippen molar-refractivity contribution >= 4 is 42.4 Å². The van der Waals surface area contributed by atoms with Crippen LogP contribution in [-0.4, -0.2) is 18.6 Å². The number of hydrogen-bond acceptors (Lipinski definition) is 5. The lowest BCUT2D eigenvalue weighted by molar-refractivity contribution is 0.601. The molecule has 0 unspecified atom stereocenters. The standard InChI is InChI=1S/C15H12BrN3O2S2/c16-12-6-8-13(9-7-12)23(20,21)19-15-18-17-14(22-15)10-11-4-2-1-3-5-11/h1-9H,10H2,(H,18,19). The molecular weight excluding hydrogens is 398 g/mol. The first kappa shape index (κ1) is 16.1. The van der Waals surface area contributed by atoms with E-state index in [1.165, 1.54) is 23.5 Å². The Morgan fingerprint density at radius 3 is 2.39 bits per heavy atom. The van der Waals surface area contributed by atoms with Crippen LogP contribution in [0.15, 0.2) is 64.0 Å². The highest BCUT2D eigenvalue weighted by molar-refractivity contribution is 9.10. The maximum absolute atomic E-state index is 12.3. The van der Waals surface area contributed by atoms with Gasteiger partial charge in [-0.3, -0.25) is 4.72 Å². The van der Waals surface area contributed by atoms with Crippen LogP contribution < -0.4 is 4.72 Å². The van der Waals surface area contributed by atoms with E-state index >= 15 is 0 Å². The topological polar surface area (TPSA) is 72.0 Å². The highest BCUT2D eigenvalue weighted by Crippen LogP contribution is 2.22. The van der Waals surface area contributed by atoms with Crippen molar-refractivity contribution in [3.8, 4) is 0 Å². The number of benzene rings is 2. The fourth-order valence-electron chi connectivity index (χ4n) is 1.92. The minimum Gasteiger partial charge on any atom is -0.253 e. The molecule has 3 aromatic rings. The second-order valence-electron chi connectivity index (χ2n) is 4.72. The Balaban J connectivity index is 1.74. The van der Waals surface area contributed by atoms with E-state index in [0.717, 1.165) is 15.0 Å². The molecule has 5 nitrogen and oxygen atoms in total. The van der Waals surface area contributed by atoms with Crippen LogP contribution in [0.25, 0.3) is 0 Å². The van der Waals surface area contributed by atoms with E-state index < -0.39 is 10.0 Å². The molecule has 1 heterocycles. The number of anilines is 1. The Kier molecular flexibility index (Phi) is 4.74. The van der Waals surface area contributed by atoms with E-state index in [-0.39, 0.29) is 10.0 Å². The zero-order valence-corrected chi connectivity index (χ0v) is 15.0. The molecule has 0 atom stereocenters. The predicted molar refractivity (Wildman–Crippen MR) is 94.1 cm³/mol. The molecule has 8 heteroatoms. The summed E-state index contributed by atoms with van der Waals surface area (Å²) in [5.74, 6) is 0. The van der Waals surface area contributed by atoms with Crippen molar-refractivity contribution in [2.24, 2.45) is 0 Å². The molecule has 1 aromatic heterocycles. The summed E-state index contributed by atoms with van der Waals surface area (Å²) >= 11 is 4.51. The molecule has 1 N–H and O–H groups in total. The maximum atomic E-state index is 12.3. The molecule has 0 amide bonds. The van der Waals surface area contributed by atoms with E-state index in [1.807, 2.05) is 30.3 Å². The Morgan fingerprint density at radius 1 is 1.00 bits per heavy atom. The van der Waals surface area contributed by atoms with Crippen molar-refractivity contribution in [3.05, 3.63) is 69.6 Å². The molecule has 118 valence electrons. The van der Waals surface area contributed by atoms with E-state index in [0.29, 0.717) is 6.42 Å². The number of halogens is 1. The van der Waals surface area contributed by atoms with Gasteiger partial charge < -0.3 is 0 Å². The normalized spacial score (nSPS) is 11.3. The minimum atomic E-state index is -3.65. The number of nitrogens with one attached hydrogen (secondary N) is 1. The summed E-state index contributed by atoms with van der Waals surface area (Å²) in [5.41, 5.74) is 1.10. The van der Waals surface area contributed by atoms with Gasteiger partial charge in [-0.25, -0.2) is 8.42 Å². The lowest BCUT2D eigenvalue weighted by Crippen LogP contribution is -2.12. The molecule has 0 fully saturated rings. The van der Waals surface area contributed by atoms with E-state index in [4.69, 9.17) is 0 Å². The molecule has 0 bridgehead atoms. The minimum absolute atomic E-state index is 0.181.